The van der Waals surface area contributed by atoms with Crippen molar-refractivity contribution in [3.8, 4) is 17.0 Å². The van der Waals surface area contributed by atoms with Gasteiger partial charge in [-0.2, -0.15) is 10.1 Å². The van der Waals surface area contributed by atoms with Gasteiger partial charge < -0.3 is 4.74 Å². The summed E-state index contributed by atoms with van der Waals surface area (Å²) in [4.78, 5) is 12.7. The van der Waals surface area contributed by atoms with E-state index >= 15 is 0 Å². The maximum atomic E-state index is 5.52. The van der Waals surface area contributed by atoms with Gasteiger partial charge in [0.15, 0.2) is 0 Å². The molecule has 0 bridgehead atoms. The molecular weight excluding hydrogens is 242 g/mol. The second kappa shape index (κ2) is 4.64. The molecule has 0 N–H and O–H groups in total. The van der Waals surface area contributed by atoms with Crippen LogP contribution in [0.3, 0.4) is 0 Å². The zero-order valence-corrected chi connectivity index (χ0v) is 10.7. The minimum atomic E-state index is 0.572. The molecule has 0 unspecified atom stereocenters. The van der Waals surface area contributed by atoms with Gasteiger partial charge in [-0.15, -0.1) is 0 Å². The van der Waals surface area contributed by atoms with E-state index in [-0.39, 0.29) is 0 Å². The number of hydrogen-bond acceptors (Lipinski definition) is 5. The maximum absolute atomic E-state index is 5.52. The fourth-order valence-corrected chi connectivity index (χ4v) is 1.89. The van der Waals surface area contributed by atoms with Crippen LogP contribution in [-0.2, 0) is 0 Å². The zero-order valence-electron chi connectivity index (χ0n) is 10.7. The van der Waals surface area contributed by atoms with Crippen molar-refractivity contribution in [3.63, 3.8) is 0 Å². The van der Waals surface area contributed by atoms with Crippen LogP contribution in [0.15, 0.2) is 30.7 Å². The lowest BCUT2D eigenvalue weighted by Crippen LogP contribution is -1.98. The molecule has 19 heavy (non-hydrogen) atoms. The molecule has 0 aliphatic rings. The molecular formula is C13H13N5O. The highest BCUT2D eigenvalue weighted by atomic mass is 16.5. The number of nitrogens with zero attached hydrogens (tertiary/aromatic N) is 5. The van der Waals surface area contributed by atoms with E-state index in [1.165, 1.54) is 0 Å². The van der Waals surface area contributed by atoms with Crippen LogP contribution in [0.4, 0.5) is 0 Å². The van der Waals surface area contributed by atoms with Crippen LogP contribution < -0.4 is 4.74 Å². The minimum absolute atomic E-state index is 0.572. The van der Waals surface area contributed by atoms with Crippen molar-refractivity contribution < 1.29 is 4.74 Å². The molecule has 96 valence electrons. The van der Waals surface area contributed by atoms with Crippen molar-refractivity contribution in [3.05, 3.63) is 36.5 Å². The lowest BCUT2D eigenvalue weighted by molar-refractivity contribution is 0.328. The van der Waals surface area contributed by atoms with Gasteiger partial charge in [-0.1, -0.05) is 0 Å². The Hall–Kier alpha value is -2.50. The van der Waals surface area contributed by atoms with Gasteiger partial charge in [0.05, 0.1) is 6.61 Å². The van der Waals surface area contributed by atoms with Crippen molar-refractivity contribution in [2.24, 2.45) is 0 Å². The van der Waals surface area contributed by atoms with Crippen LogP contribution >= 0.6 is 0 Å². The van der Waals surface area contributed by atoms with E-state index < -0.39 is 0 Å². The number of hydrogen-bond donors (Lipinski definition) is 0. The van der Waals surface area contributed by atoms with Crippen molar-refractivity contribution in [2.75, 3.05) is 6.61 Å². The van der Waals surface area contributed by atoms with E-state index in [0.29, 0.717) is 24.1 Å². The number of aromatic nitrogens is 5. The van der Waals surface area contributed by atoms with E-state index in [1.807, 2.05) is 32.2 Å². The molecule has 0 spiro atoms. The highest BCUT2D eigenvalue weighted by molar-refractivity contribution is 5.67. The smallest absolute Gasteiger partial charge is 0.252 e. The summed E-state index contributed by atoms with van der Waals surface area (Å²) >= 11 is 0. The van der Waals surface area contributed by atoms with Crippen molar-refractivity contribution >= 4 is 5.78 Å². The first-order valence-electron chi connectivity index (χ1n) is 6.05. The van der Waals surface area contributed by atoms with Gasteiger partial charge in [-0.25, -0.2) is 14.5 Å². The molecule has 3 aromatic rings. The Morgan fingerprint density at radius 3 is 3.05 bits per heavy atom. The van der Waals surface area contributed by atoms with E-state index in [0.717, 1.165) is 11.1 Å². The molecule has 3 heterocycles. The summed E-state index contributed by atoms with van der Waals surface area (Å²) in [5, 5.41) is 4.26. The average Bonchev–Trinajstić information content (AvgIpc) is 2.79. The monoisotopic (exact) mass is 255 g/mol. The molecule has 0 aliphatic carbocycles. The SMILES string of the molecule is CCOc1ncccc1-c1cnc2nc(C)nn2c1. The standard InChI is InChI=1S/C13H13N5O/c1-3-19-12-11(5-4-6-14-12)10-7-15-13-16-9(2)17-18(13)8-10/h4-8H,3H2,1-2H3. The van der Waals surface area contributed by atoms with Crippen LogP contribution in [0.1, 0.15) is 12.7 Å². The molecule has 3 rings (SSSR count). The lowest BCUT2D eigenvalue weighted by Gasteiger charge is -2.08. The number of fused-ring (bicyclic) bond motifs is 1. The number of rotatable bonds is 3. The van der Waals surface area contributed by atoms with E-state index in [4.69, 9.17) is 4.74 Å². The third kappa shape index (κ3) is 2.12. The largest absolute Gasteiger partial charge is 0.478 e. The van der Waals surface area contributed by atoms with Crippen LogP contribution in [0.25, 0.3) is 16.9 Å². The number of aryl methyl sites for hydroxylation is 1. The molecule has 0 saturated heterocycles. The summed E-state index contributed by atoms with van der Waals surface area (Å²) in [6.45, 7) is 4.34. The van der Waals surface area contributed by atoms with E-state index in [2.05, 4.69) is 20.1 Å². The first-order valence-corrected chi connectivity index (χ1v) is 6.05. The first kappa shape index (κ1) is 11.6. The summed E-state index contributed by atoms with van der Waals surface area (Å²) in [5.41, 5.74) is 1.79. The fraction of sp³-hybridized carbons (Fsp3) is 0.231. The summed E-state index contributed by atoms with van der Waals surface area (Å²) in [6, 6.07) is 3.82. The second-order valence-electron chi connectivity index (χ2n) is 4.04. The molecule has 0 saturated carbocycles. The number of ether oxygens (including phenoxy) is 1. The molecule has 0 fully saturated rings. The fourth-order valence-electron chi connectivity index (χ4n) is 1.89. The van der Waals surface area contributed by atoms with Gasteiger partial charge in [0.2, 0.25) is 5.88 Å². The Kier molecular flexibility index (Phi) is 2.83. The quantitative estimate of drug-likeness (QED) is 0.715. The molecule has 6 heteroatoms. The molecule has 0 atom stereocenters. The molecule has 6 nitrogen and oxygen atoms in total. The lowest BCUT2D eigenvalue weighted by atomic mass is 10.1. The topological polar surface area (TPSA) is 65.2 Å². The highest BCUT2D eigenvalue weighted by Crippen LogP contribution is 2.26. The maximum Gasteiger partial charge on any atom is 0.252 e. The van der Waals surface area contributed by atoms with Crippen molar-refractivity contribution in [1.82, 2.24) is 24.6 Å². The Morgan fingerprint density at radius 1 is 1.32 bits per heavy atom. The zero-order chi connectivity index (χ0) is 13.2. The molecule has 0 aromatic carbocycles. The molecule has 0 aliphatic heterocycles. The van der Waals surface area contributed by atoms with Gasteiger partial charge in [-0.3, -0.25) is 0 Å². The third-order valence-electron chi connectivity index (χ3n) is 2.66. The van der Waals surface area contributed by atoms with Gasteiger partial charge in [0.1, 0.15) is 5.82 Å². The first-order chi connectivity index (χ1) is 9.28. The Balaban J connectivity index is 2.13. The van der Waals surface area contributed by atoms with Crippen LogP contribution in [-0.4, -0.2) is 31.2 Å². The molecule has 0 amide bonds. The molecule has 3 aromatic heterocycles. The van der Waals surface area contributed by atoms with Gasteiger partial charge in [0.25, 0.3) is 5.78 Å². The van der Waals surface area contributed by atoms with E-state index in [1.54, 1.807) is 16.9 Å². The van der Waals surface area contributed by atoms with Crippen LogP contribution in [0.5, 0.6) is 5.88 Å². The summed E-state index contributed by atoms with van der Waals surface area (Å²) in [5.74, 6) is 1.88. The van der Waals surface area contributed by atoms with Gasteiger partial charge >= 0.3 is 0 Å². The molecule has 0 radical (unpaired) electrons. The number of pyridine rings is 1. The summed E-state index contributed by atoms with van der Waals surface area (Å²) < 4.78 is 7.18. The Morgan fingerprint density at radius 2 is 2.21 bits per heavy atom. The third-order valence-corrected chi connectivity index (χ3v) is 2.66. The van der Waals surface area contributed by atoms with Crippen LogP contribution in [0.2, 0.25) is 0 Å². The van der Waals surface area contributed by atoms with Crippen molar-refractivity contribution in [2.45, 2.75) is 13.8 Å². The summed E-state index contributed by atoms with van der Waals surface area (Å²) in [7, 11) is 0. The predicted molar refractivity (Wildman–Crippen MR) is 69.9 cm³/mol. The minimum Gasteiger partial charge on any atom is -0.478 e. The van der Waals surface area contributed by atoms with Gasteiger partial charge in [0, 0.05) is 29.7 Å². The van der Waals surface area contributed by atoms with Gasteiger partial charge in [-0.05, 0) is 26.0 Å². The Labute approximate surface area is 110 Å². The normalized spacial score (nSPS) is 10.8. The predicted octanol–water partition coefficient (Wildman–Crippen LogP) is 1.89. The average molecular weight is 255 g/mol. The van der Waals surface area contributed by atoms with Crippen LogP contribution in [0, 0.1) is 6.92 Å². The Bertz CT molecular complexity index is 722. The van der Waals surface area contributed by atoms with Crippen molar-refractivity contribution in [1.29, 1.82) is 0 Å². The highest BCUT2D eigenvalue weighted by Gasteiger charge is 2.09. The summed E-state index contributed by atoms with van der Waals surface area (Å²) in [6.07, 6.45) is 5.34. The second-order valence-corrected chi connectivity index (χ2v) is 4.04. The van der Waals surface area contributed by atoms with E-state index in [9.17, 15) is 0 Å².